The number of anilines is 1. The zero-order chi connectivity index (χ0) is 37.2. The second-order valence-corrected chi connectivity index (χ2v) is 12.9. The van der Waals surface area contributed by atoms with E-state index in [1.54, 1.807) is 37.7 Å². The van der Waals surface area contributed by atoms with Crippen molar-refractivity contribution in [3.8, 4) is 11.5 Å². The number of methoxy groups -OCH3 is 1. The number of nitrogens with one attached hydrogen (secondary N) is 4. The Kier molecular flexibility index (Phi) is 11.7. The van der Waals surface area contributed by atoms with Crippen molar-refractivity contribution in [3.63, 3.8) is 0 Å². The Hall–Kier alpha value is -6.49. The van der Waals surface area contributed by atoms with Crippen molar-refractivity contribution in [3.05, 3.63) is 159 Å². The zero-order valence-corrected chi connectivity index (χ0v) is 29.9. The highest BCUT2D eigenvalue weighted by Gasteiger charge is 2.23. The minimum atomic E-state index is -0.722. The molecule has 0 aliphatic heterocycles. The molecule has 1 atom stereocenters. The van der Waals surface area contributed by atoms with Crippen LogP contribution in [0, 0.1) is 13.8 Å². The second-order valence-electron chi connectivity index (χ2n) is 12.9. The number of benzene rings is 4. The maximum absolute atomic E-state index is 13.5. The van der Waals surface area contributed by atoms with Gasteiger partial charge in [0.1, 0.15) is 11.5 Å². The standard InChI is InChI=1S/C42H42N6O5/c1-27-8-12-29(13-9-27)26-44-39(49)7-5-21-53-33-17-19-35(38(24-33)52-3)40(46-42(51)45-32-15-10-28(2)11-16-32)31-14-18-34-36(23-31)41(50)48-47-37(34)22-30-6-4-20-43-25-30/h4,6,8-20,23-25,40H,5,7,21-22,26H2,1-3H3,(H,44,49)(H,48,50)(H2,45,46,51). The number of urea groups is 1. The van der Waals surface area contributed by atoms with Gasteiger partial charge in [0.2, 0.25) is 5.91 Å². The molecule has 11 nitrogen and oxygen atoms in total. The number of aromatic amines is 1. The van der Waals surface area contributed by atoms with E-state index >= 15 is 0 Å². The Morgan fingerprint density at radius 2 is 1.64 bits per heavy atom. The molecule has 0 fully saturated rings. The maximum atomic E-state index is 13.5. The van der Waals surface area contributed by atoms with Gasteiger partial charge in [-0.1, -0.05) is 65.7 Å². The first-order chi connectivity index (χ1) is 25.7. The summed E-state index contributed by atoms with van der Waals surface area (Å²) in [5, 5.41) is 17.0. The number of fused-ring (bicyclic) bond motifs is 1. The summed E-state index contributed by atoms with van der Waals surface area (Å²) in [4.78, 5) is 43.2. The van der Waals surface area contributed by atoms with Gasteiger partial charge in [-0.05, 0) is 73.4 Å². The van der Waals surface area contributed by atoms with Crippen molar-refractivity contribution < 1.29 is 19.1 Å². The molecule has 6 aromatic rings. The van der Waals surface area contributed by atoms with E-state index in [4.69, 9.17) is 9.47 Å². The Morgan fingerprint density at radius 3 is 2.38 bits per heavy atom. The van der Waals surface area contributed by atoms with Gasteiger partial charge in [0.25, 0.3) is 5.56 Å². The summed E-state index contributed by atoms with van der Waals surface area (Å²) in [6, 6.07) is 29.1. The van der Waals surface area contributed by atoms with Crippen molar-refractivity contribution >= 4 is 28.4 Å². The van der Waals surface area contributed by atoms with Crippen molar-refractivity contribution in [2.24, 2.45) is 0 Å². The highest BCUT2D eigenvalue weighted by molar-refractivity contribution is 5.90. The molecule has 53 heavy (non-hydrogen) atoms. The molecule has 2 aromatic heterocycles. The van der Waals surface area contributed by atoms with Gasteiger partial charge < -0.3 is 25.4 Å². The number of aryl methyl sites for hydroxylation is 2. The molecule has 0 spiro atoms. The molecular formula is C42H42N6O5. The van der Waals surface area contributed by atoms with Crippen LogP contribution in [0.1, 0.15) is 58.0 Å². The summed E-state index contributed by atoms with van der Waals surface area (Å²) in [6.07, 6.45) is 4.80. The Morgan fingerprint density at radius 1 is 0.868 bits per heavy atom. The molecule has 0 saturated heterocycles. The number of carbonyl (C=O) groups is 2. The van der Waals surface area contributed by atoms with Crippen LogP contribution in [-0.4, -0.2) is 40.8 Å². The number of amides is 3. The number of hydrogen-bond acceptors (Lipinski definition) is 7. The number of carbonyl (C=O) groups excluding carboxylic acids is 2. The van der Waals surface area contributed by atoms with Gasteiger partial charge in [-0.15, -0.1) is 0 Å². The van der Waals surface area contributed by atoms with Gasteiger partial charge in [0.15, 0.2) is 0 Å². The topological polar surface area (TPSA) is 147 Å². The van der Waals surface area contributed by atoms with Crippen LogP contribution in [0.2, 0.25) is 0 Å². The van der Waals surface area contributed by atoms with Crippen molar-refractivity contribution in [1.82, 2.24) is 25.8 Å². The lowest BCUT2D eigenvalue weighted by atomic mass is 9.95. The number of rotatable bonds is 14. The van der Waals surface area contributed by atoms with Gasteiger partial charge in [-0.25, -0.2) is 9.89 Å². The third kappa shape index (κ3) is 9.65. The van der Waals surface area contributed by atoms with Crippen LogP contribution < -0.4 is 31.0 Å². The molecule has 11 heteroatoms. The van der Waals surface area contributed by atoms with Gasteiger partial charge in [0.05, 0.1) is 30.8 Å². The Labute approximate surface area is 307 Å². The number of pyridine rings is 1. The first-order valence-corrected chi connectivity index (χ1v) is 17.4. The van der Waals surface area contributed by atoms with Crippen LogP contribution in [0.5, 0.6) is 11.5 Å². The zero-order valence-electron chi connectivity index (χ0n) is 29.9. The molecule has 270 valence electrons. The van der Waals surface area contributed by atoms with Crippen LogP contribution >= 0.6 is 0 Å². The molecule has 3 amide bonds. The third-order valence-electron chi connectivity index (χ3n) is 8.85. The number of aromatic nitrogens is 3. The number of hydrogen-bond donors (Lipinski definition) is 4. The SMILES string of the molecule is COc1cc(OCCCC(=O)NCc2ccc(C)cc2)ccc1C(NC(=O)Nc1ccc(C)cc1)c1ccc2c(Cc3cccnc3)n[nH]c(=O)c2c1. The van der Waals surface area contributed by atoms with E-state index in [1.807, 2.05) is 92.7 Å². The van der Waals surface area contributed by atoms with Crippen LogP contribution in [-0.2, 0) is 17.8 Å². The molecular weight excluding hydrogens is 668 g/mol. The molecule has 4 N–H and O–H groups in total. The summed E-state index contributed by atoms with van der Waals surface area (Å²) >= 11 is 0. The predicted molar refractivity (Wildman–Crippen MR) is 205 cm³/mol. The highest BCUT2D eigenvalue weighted by Crippen LogP contribution is 2.34. The lowest BCUT2D eigenvalue weighted by molar-refractivity contribution is -0.121. The van der Waals surface area contributed by atoms with Crippen LogP contribution in [0.4, 0.5) is 10.5 Å². The van der Waals surface area contributed by atoms with E-state index in [-0.39, 0.29) is 11.5 Å². The van der Waals surface area contributed by atoms with E-state index in [0.717, 1.165) is 16.7 Å². The average Bonchev–Trinajstić information content (AvgIpc) is 3.17. The second kappa shape index (κ2) is 17.1. The first-order valence-electron chi connectivity index (χ1n) is 17.4. The lowest BCUT2D eigenvalue weighted by Gasteiger charge is -2.23. The van der Waals surface area contributed by atoms with Crippen LogP contribution in [0.15, 0.2) is 114 Å². The third-order valence-corrected chi connectivity index (χ3v) is 8.85. The van der Waals surface area contributed by atoms with Gasteiger partial charge in [-0.3, -0.25) is 14.6 Å². The van der Waals surface area contributed by atoms with Crippen molar-refractivity contribution in [1.29, 1.82) is 0 Å². The fraction of sp³-hybridized carbons (Fsp3) is 0.214. The summed E-state index contributed by atoms with van der Waals surface area (Å²) in [7, 11) is 1.55. The molecule has 0 bridgehead atoms. The predicted octanol–water partition coefficient (Wildman–Crippen LogP) is 6.92. The van der Waals surface area contributed by atoms with E-state index in [9.17, 15) is 14.4 Å². The van der Waals surface area contributed by atoms with Crippen LogP contribution in [0.3, 0.4) is 0 Å². The molecule has 0 aliphatic carbocycles. The lowest BCUT2D eigenvalue weighted by Crippen LogP contribution is -2.33. The van der Waals surface area contributed by atoms with Crippen molar-refractivity contribution in [2.75, 3.05) is 19.0 Å². The van der Waals surface area contributed by atoms with E-state index in [2.05, 4.69) is 31.1 Å². The van der Waals surface area contributed by atoms with Crippen LogP contribution in [0.25, 0.3) is 10.8 Å². The normalized spacial score (nSPS) is 11.5. The molecule has 4 aromatic carbocycles. The fourth-order valence-electron chi connectivity index (χ4n) is 5.96. The van der Waals surface area contributed by atoms with E-state index in [0.29, 0.717) is 77.2 Å². The summed E-state index contributed by atoms with van der Waals surface area (Å²) in [5.41, 5.74) is 6.53. The fourth-order valence-corrected chi connectivity index (χ4v) is 5.96. The van der Waals surface area contributed by atoms with E-state index in [1.165, 1.54) is 5.56 Å². The van der Waals surface area contributed by atoms with E-state index < -0.39 is 12.1 Å². The minimum Gasteiger partial charge on any atom is -0.496 e. The number of ether oxygens (including phenoxy) is 2. The molecule has 2 heterocycles. The van der Waals surface area contributed by atoms with Gasteiger partial charge >= 0.3 is 6.03 Å². The number of H-pyrrole nitrogens is 1. The Bertz CT molecular complexity index is 2240. The molecule has 1 unspecified atom stereocenters. The smallest absolute Gasteiger partial charge is 0.319 e. The molecule has 0 saturated carbocycles. The molecule has 0 radical (unpaired) electrons. The molecule has 6 rings (SSSR count). The summed E-state index contributed by atoms with van der Waals surface area (Å²) < 4.78 is 11.8. The minimum absolute atomic E-state index is 0.0471. The van der Waals surface area contributed by atoms with Gasteiger partial charge in [-0.2, -0.15) is 5.10 Å². The monoisotopic (exact) mass is 710 g/mol. The highest BCUT2D eigenvalue weighted by atomic mass is 16.5. The Balaban J connectivity index is 1.21. The average molecular weight is 711 g/mol. The first kappa shape index (κ1) is 36.3. The summed E-state index contributed by atoms with van der Waals surface area (Å²) in [6.45, 7) is 4.80. The molecule has 0 aliphatic rings. The summed E-state index contributed by atoms with van der Waals surface area (Å²) in [5.74, 6) is 0.976. The van der Waals surface area contributed by atoms with Crippen molar-refractivity contribution in [2.45, 2.75) is 45.7 Å². The maximum Gasteiger partial charge on any atom is 0.319 e. The number of nitrogens with zero attached hydrogens (tertiary/aromatic N) is 2. The van der Waals surface area contributed by atoms with Gasteiger partial charge in [0, 0.05) is 54.5 Å². The largest absolute Gasteiger partial charge is 0.496 e. The quantitative estimate of drug-likeness (QED) is 0.0898.